The molecule has 3 fully saturated rings. The summed E-state index contributed by atoms with van der Waals surface area (Å²) in [5, 5.41) is 10.4. The topological polar surface area (TPSA) is 53.0 Å². The zero-order valence-electron chi connectivity index (χ0n) is 23.4. The van der Waals surface area contributed by atoms with E-state index in [0.29, 0.717) is 50.9 Å². The predicted octanol–water partition coefficient (Wildman–Crippen LogP) is 6.58. The SMILES string of the molecule is C[C@@H](O[C@H]1CN2C(=O)CC(N3CCC(C)(O)CC3)C[C@H]2[C@@H]1C1=CC=C(F)CC1)c1cc(C(F)(F)F)cc(C(F)(F)F)c1. The molecule has 1 unspecified atom stereocenters. The number of allylic oxidation sites excluding steroid dienone is 3. The number of aliphatic hydroxyl groups is 1. The van der Waals surface area contributed by atoms with Crippen molar-refractivity contribution in [2.24, 2.45) is 5.92 Å². The largest absolute Gasteiger partial charge is 0.416 e. The molecule has 1 aliphatic carbocycles. The average molecular weight is 605 g/mol. The lowest BCUT2D eigenvalue weighted by Gasteiger charge is -2.45. The van der Waals surface area contributed by atoms with Crippen LogP contribution in [0.2, 0.25) is 0 Å². The van der Waals surface area contributed by atoms with E-state index in [-0.39, 0.29) is 54.8 Å². The fraction of sp³-hybridized carbons (Fsp3) is 0.633. The molecule has 0 aromatic heterocycles. The van der Waals surface area contributed by atoms with Gasteiger partial charge < -0.3 is 14.7 Å². The van der Waals surface area contributed by atoms with E-state index in [9.17, 15) is 40.6 Å². The number of hydrogen-bond donors (Lipinski definition) is 1. The second-order valence-electron chi connectivity index (χ2n) is 12.3. The molecular formula is C30H35F7N2O3. The molecule has 3 saturated heterocycles. The minimum absolute atomic E-state index is 0.0807. The number of fused-ring (bicyclic) bond motifs is 1. The van der Waals surface area contributed by atoms with Crippen LogP contribution in [0.1, 0.15) is 75.2 Å². The lowest BCUT2D eigenvalue weighted by atomic mass is 9.80. The van der Waals surface area contributed by atoms with Crippen LogP contribution in [0.4, 0.5) is 30.7 Å². The number of amides is 1. The smallest absolute Gasteiger partial charge is 0.390 e. The van der Waals surface area contributed by atoms with Crippen molar-refractivity contribution in [3.05, 3.63) is 58.4 Å². The molecule has 0 saturated carbocycles. The third-order valence-electron chi connectivity index (χ3n) is 9.25. The molecule has 1 N–H and O–H groups in total. The Kier molecular flexibility index (Phi) is 8.30. The summed E-state index contributed by atoms with van der Waals surface area (Å²) in [6, 6.07) is 1.02. The molecule has 5 atom stereocenters. The number of nitrogens with zero attached hydrogens (tertiary/aromatic N) is 2. The summed E-state index contributed by atoms with van der Waals surface area (Å²) in [6.07, 6.45) is -6.26. The number of likely N-dealkylation sites (tertiary alicyclic amines) is 1. The Morgan fingerprint density at radius 1 is 1.00 bits per heavy atom. The van der Waals surface area contributed by atoms with Gasteiger partial charge in [-0.3, -0.25) is 9.69 Å². The minimum Gasteiger partial charge on any atom is -0.390 e. The van der Waals surface area contributed by atoms with Crippen molar-refractivity contribution < 1.29 is 45.4 Å². The van der Waals surface area contributed by atoms with Crippen LogP contribution in [-0.2, 0) is 21.9 Å². The number of benzene rings is 1. The fourth-order valence-corrected chi connectivity index (χ4v) is 6.85. The number of hydrogen-bond acceptors (Lipinski definition) is 4. The summed E-state index contributed by atoms with van der Waals surface area (Å²) in [7, 11) is 0. The molecule has 42 heavy (non-hydrogen) atoms. The Morgan fingerprint density at radius 3 is 2.17 bits per heavy atom. The third-order valence-corrected chi connectivity index (χ3v) is 9.25. The van der Waals surface area contributed by atoms with E-state index in [1.54, 1.807) is 17.9 Å². The second kappa shape index (κ2) is 11.2. The highest BCUT2D eigenvalue weighted by molar-refractivity contribution is 5.79. The van der Waals surface area contributed by atoms with Crippen LogP contribution < -0.4 is 0 Å². The Hall–Kier alpha value is -2.44. The van der Waals surface area contributed by atoms with Crippen LogP contribution >= 0.6 is 0 Å². The molecule has 5 nitrogen and oxygen atoms in total. The van der Waals surface area contributed by atoms with E-state index in [0.717, 1.165) is 5.57 Å². The summed E-state index contributed by atoms with van der Waals surface area (Å²) < 4.78 is 101. The highest BCUT2D eigenvalue weighted by atomic mass is 19.4. The quantitative estimate of drug-likeness (QED) is 0.386. The van der Waals surface area contributed by atoms with Crippen molar-refractivity contribution in [2.75, 3.05) is 19.6 Å². The van der Waals surface area contributed by atoms with E-state index in [2.05, 4.69) is 4.90 Å². The number of rotatable bonds is 5. The van der Waals surface area contributed by atoms with Gasteiger partial charge in [-0.05, 0) is 69.4 Å². The number of carbonyl (C=O) groups excluding carboxylic acids is 1. The van der Waals surface area contributed by atoms with Gasteiger partial charge in [0.25, 0.3) is 0 Å². The molecule has 0 radical (unpaired) electrons. The lowest BCUT2D eigenvalue weighted by molar-refractivity contribution is -0.143. The molecule has 232 valence electrons. The van der Waals surface area contributed by atoms with Crippen LogP contribution in [0.5, 0.6) is 0 Å². The molecule has 0 spiro atoms. The number of halogens is 7. The molecular weight excluding hydrogens is 569 g/mol. The summed E-state index contributed by atoms with van der Waals surface area (Å²) in [6.45, 7) is 4.59. The van der Waals surface area contributed by atoms with Gasteiger partial charge in [0.15, 0.2) is 0 Å². The highest BCUT2D eigenvalue weighted by Gasteiger charge is 2.51. The molecule has 12 heteroatoms. The van der Waals surface area contributed by atoms with Crippen molar-refractivity contribution in [1.82, 2.24) is 9.80 Å². The van der Waals surface area contributed by atoms with Crippen molar-refractivity contribution in [1.29, 1.82) is 0 Å². The normalized spacial score (nSPS) is 29.7. The Morgan fingerprint density at radius 2 is 1.62 bits per heavy atom. The van der Waals surface area contributed by atoms with E-state index < -0.39 is 47.2 Å². The Bertz CT molecular complexity index is 1210. The molecule has 1 aromatic carbocycles. The Labute approximate surface area is 240 Å². The second-order valence-corrected chi connectivity index (χ2v) is 12.3. The van der Waals surface area contributed by atoms with E-state index in [1.165, 1.54) is 13.0 Å². The van der Waals surface area contributed by atoms with E-state index >= 15 is 0 Å². The minimum atomic E-state index is -4.99. The standard InChI is InChI=1S/C30H35F7N2O3/c1-17(19-11-20(29(32,33)34)13-21(12-19)30(35,36)37)42-25-16-39-24(27(25)18-3-5-22(31)6-4-18)14-23(15-26(39)40)38-9-7-28(2,41)8-10-38/h3,5,11-13,17,23-25,27,41H,4,6-10,14-16H2,1-2H3/t17-,23?,24+,25+,27+/m1/s1. The number of piperidine rings is 2. The van der Waals surface area contributed by atoms with Gasteiger partial charge in [0.2, 0.25) is 5.91 Å². The first-order chi connectivity index (χ1) is 19.5. The van der Waals surface area contributed by atoms with E-state index in [4.69, 9.17) is 4.74 Å². The van der Waals surface area contributed by atoms with Crippen molar-refractivity contribution >= 4 is 5.91 Å². The van der Waals surface area contributed by atoms with Crippen LogP contribution in [0.3, 0.4) is 0 Å². The fourth-order valence-electron chi connectivity index (χ4n) is 6.85. The van der Waals surface area contributed by atoms with Crippen LogP contribution in [0.15, 0.2) is 41.8 Å². The van der Waals surface area contributed by atoms with Crippen molar-refractivity contribution in [3.63, 3.8) is 0 Å². The summed E-state index contributed by atoms with van der Waals surface area (Å²) in [4.78, 5) is 17.3. The molecule has 1 amide bonds. The van der Waals surface area contributed by atoms with Gasteiger partial charge >= 0.3 is 12.4 Å². The van der Waals surface area contributed by atoms with Gasteiger partial charge in [-0.15, -0.1) is 0 Å². The highest BCUT2D eigenvalue weighted by Crippen LogP contribution is 2.45. The molecule has 5 rings (SSSR count). The number of carbonyl (C=O) groups is 1. The molecule has 3 aliphatic heterocycles. The van der Waals surface area contributed by atoms with Gasteiger partial charge in [-0.2, -0.15) is 26.3 Å². The molecule has 3 heterocycles. The zero-order valence-corrected chi connectivity index (χ0v) is 23.4. The van der Waals surface area contributed by atoms with Gasteiger partial charge in [0, 0.05) is 50.5 Å². The first kappa shape index (κ1) is 31.0. The van der Waals surface area contributed by atoms with Gasteiger partial charge in [-0.1, -0.05) is 11.6 Å². The third kappa shape index (κ3) is 6.55. The van der Waals surface area contributed by atoms with Crippen molar-refractivity contribution in [3.8, 4) is 0 Å². The van der Waals surface area contributed by atoms with Gasteiger partial charge in [0.05, 0.1) is 28.9 Å². The summed E-state index contributed by atoms with van der Waals surface area (Å²) in [5.41, 5.74) is -3.02. The maximum Gasteiger partial charge on any atom is 0.416 e. The number of ether oxygens (including phenoxy) is 1. The predicted molar refractivity (Wildman–Crippen MR) is 140 cm³/mol. The van der Waals surface area contributed by atoms with Gasteiger partial charge in [-0.25, -0.2) is 4.39 Å². The average Bonchev–Trinajstić information content (AvgIpc) is 3.26. The molecule has 0 bridgehead atoms. The number of alkyl halides is 6. The summed E-state index contributed by atoms with van der Waals surface area (Å²) >= 11 is 0. The maximum absolute atomic E-state index is 13.9. The van der Waals surface area contributed by atoms with Crippen LogP contribution in [0.25, 0.3) is 0 Å². The molecule has 4 aliphatic rings. The first-order valence-electron chi connectivity index (χ1n) is 14.3. The summed E-state index contributed by atoms with van der Waals surface area (Å²) in [5.74, 6) is -0.792. The maximum atomic E-state index is 13.9. The zero-order chi connectivity index (χ0) is 30.6. The van der Waals surface area contributed by atoms with E-state index in [1.807, 2.05) is 0 Å². The first-order valence-corrected chi connectivity index (χ1v) is 14.3. The lowest BCUT2D eigenvalue weighted by Crippen LogP contribution is -2.55. The van der Waals surface area contributed by atoms with Crippen LogP contribution in [0, 0.1) is 5.92 Å². The van der Waals surface area contributed by atoms with Crippen molar-refractivity contribution in [2.45, 2.75) is 94.6 Å². The van der Waals surface area contributed by atoms with Gasteiger partial charge in [0.1, 0.15) is 5.83 Å². The Balaban J connectivity index is 1.43. The molecule has 1 aromatic rings. The van der Waals surface area contributed by atoms with Crippen LogP contribution in [-0.4, -0.2) is 64.2 Å². The monoisotopic (exact) mass is 604 g/mol.